The third-order valence-electron chi connectivity index (χ3n) is 3.55. The van der Waals surface area contributed by atoms with Crippen molar-refractivity contribution in [1.82, 2.24) is 10.7 Å². The maximum absolute atomic E-state index is 5.49. The summed E-state index contributed by atoms with van der Waals surface area (Å²) in [5, 5.41) is 8.07. The summed E-state index contributed by atoms with van der Waals surface area (Å²) >= 11 is 5.26. The van der Waals surface area contributed by atoms with E-state index in [4.69, 9.17) is 17.0 Å². The van der Waals surface area contributed by atoms with E-state index >= 15 is 0 Å². The van der Waals surface area contributed by atoms with Crippen LogP contribution in [-0.4, -0.2) is 24.0 Å². The van der Waals surface area contributed by atoms with Crippen LogP contribution >= 0.6 is 12.2 Å². The predicted molar refractivity (Wildman–Crippen MR) is 95.5 cm³/mol. The lowest BCUT2D eigenvalue weighted by Gasteiger charge is -2.23. The lowest BCUT2D eigenvalue weighted by molar-refractivity contribution is 0.363. The van der Waals surface area contributed by atoms with Gasteiger partial charge in [-0.15, -0.1) is 0 Å². The quantitative estimate of drug-likeness (QED) is 0.365. The summed E-state index contributed by atoms with van der Waals surface area (Å²) in [5.41, 5.74) is 3.83. The molecule has 0 amide bonds. The largest absolute Gasteiger partial charge is 0.490 e. The highest BCUT2D eigenvalue weighted by Gasteiger charge is 2.13. The van der Waals surface area contributed by atoms with Crippen molar-refractivity contribution < 1.29 is 4.74 Å². The lowest BCUT2D eigenvalue weighted by Crippen LogP contribution is -2.40. The van der Waals surface area contributed by atoms with Crippen molar-refractivity contribution >= 4 is 23.5 Å². The molecule has 118 valence electrons. The molecular weight excluding hydrogens is 294 g/mol. The Bertz CT molecular complexity index is 524. The van der Waals surface area contributed by atoms with Gasteiger partial charge in [0.1, 0.15) is 12.4 Å². The number of ether oxygens (including phenoxy) is 1. The highest BCUT2D eigenvalue weighted by atomic mass is 32.1. The number of benzene rings is 1. The molecule has 0 saturated heterocycles. The van der Waals surface area contributed by atoms with Crippen LogP contribution < -0.4 is 15.5 Å². The molecule has 0 spiro atoms. The lowest BCUT2D eigenvalue weighted by atomic mass is 9.96. The van der Waals surface area contributed by atoms with Gasteiger partial charge in [-0.05, 0) is 42.8 Å². The van der Waals surface area contributed by atoms with E-state index in [0.717, 1.165) is 11.3 Å². The molecule has 1 fully saturated rings. The molecule has 4 nitrogen and oxygen atoms in total. The molecule has 1 aliphatic carbocycles. The fraction of sp³-hybridized carbons (Fsp3) is 0.412. The molecule has 1 aromatic carbocycles. The first-order valence-corrected chi connectivity index (χ1v) is 8.12. The Morgan fingerprint density at radius 1 is 1.36 bits per heavy atom. The standard InChI is InChI=1S/C17H23N3OS/c1-2-11-21-16-10-6-7-14(12-16)13-18-20-17(22)19-15-8-4-3-5-9-15/h2,6-7,10,12-13,15H,1,3-5,8-9,11H2,(H2,19,20,22)/b18-13+. The summed E-state index contributed by atoms with van der Waals surface area (Å²) in [5.74, 6) is 0.798. The van der Waals surface area contributed by atoms with Gasteiger partial charge in [-0.1, -0.05) is 44.1 Å². The van der Waals surface area contributed by atoms with Crippen LogP contribution in [0.1, 0.15) is 37.7 Å². The molecule has 22 heavy (non-hydrogen) atoms. The second kappa shape index (κ2) is 9.20. The summed E-state index contributed by atoms with van der Waals surface area (Å²) in [6.45, 7) is 4.13. The second-order valence-electron chi connectivity index (χ2n) is 5.35. The van der Waals surface area contributed by atoms with Crippen LogP contribution in [-0.2, 0) is 0 Å². The van der Waals surface area contributed by atoms with Crippen LogP contribution in [0, 0.1) is 0 Å². The molecule has 2 rings (SSSR count). The molecular formula is C17H23N3OS. The fourth-order valence-electron chi connectivity index (χ4n) is 2.47. The van der Waals surface area contributed by atoms with Crippen molar-refractivity contribution in [3.63, 3.8) is 0 Å². The third-order valence-corrected chi connectivity index (χ3v) is 3.76. The number of hydrazone groups is 1. The van der Waals surface area contributed by atoms with Crippen LogP contribution in [0.25, 0.3) is 0 Å². The van der Waals surface area contributed by atoms with E-state index in [0.29, 0.717) is 17.8 Å². The molecule has 0 aromatic heterocycles. The fourth-order valence-corrected chi connectivity index (χ4v) is 2.69. The maximum Gasteiger partial charge on any atom is 0.187 e. The molecule has 0 heterocycles. The van der Waals surface area contributed by atoms with Crippen molar-refractivity contribution in [1.29, 1.82) is 0 Å². The van der Waals surface area contributed by atoms with Gasteiger partial charge in [-0.2, -0.15) is 5.10 Å². The SMILES string of the molecule is C=CCOc1cccc(/C=N/NC(=S)NC2CCCCC2)c1. The zero-order valence-electron chi connectivity index (χ0n) is 12.8. The van der Waals surface area contributed by atoms with Crippen molar-refractivity contribution in [3.8, 4) is 5.75 Å². The molecule has 0 radical (unpaired) electrons. The van der Waals surface area contributed by atoms with Gasteiger partial charge in [0.2, 0.25) is 0 Å². The van der Waals surface area contributed by atoms with Gasteiger partial charge in [0, 0.05) is 6.04 Å². The molecule has 0 aliphatic heterocycles. The first kappa shape index (κ1) is 16.5. The van der Waals surface area contributed by atoms with Gasteiger partial charge in [0.25, 0.3) is 0 Å². The summed E-state index contributed by atoms with van der Waals surface area (Å²) in [7, 11) is 0. The first-order chi connectivity index (χ1) is 10.8. The molecule has 0 unspecified atom stereocenters. The summed E-state index contributed by atoms with van der Waals surface area (Å²) in [6.07, 6.45) is 9.72. The molecule has 1 aliphatic rings. The van der Waals surface area contributed by atoms with Gasteiger partial charge < -0.3 is 10.1 Å². The maximum atomic E-state index is 5.49. The molecule has 0 bridgehead atoms. The van der Waals surface area contributed by atoms with E-state index in [2.05, 4.69) is 22.4 Å². The second-order valence-corrected chi connectivity index (χ2v) is 5.76. The topological polar surface area (TPSA) is 45.6 Å². The minimum atomic E-state index is 0.486. The van der Waals surface area contributed by atoms with Crippen LogP contribution in [0.15, 0.2) is 42.0 Å². The number of hydrogen-bond donors (Lipinski definition) is 2. The van der Waals surface area contributed by atoms with Crippen molar-refractivity contribution in [2.75, 3.05) is 6.61 Å². The minimum Gasteiger partial charge on any atom is -0.490 e. The Kier molecular flexibility index (Phi) is 6.90. The highest BCUT2D eigenvalue weighted by molar-refractivity contribution is 7.80. The molecule has 1 saturated carbocycles. The van der Waals surface area contributed by atoms with Crippen LogP contribution in [0.4, 0.5) is 0 Å². The third kappa shape index (κ3) is 5.85. The van der Waals surface area contributed by atoms with E-state index in [-0.39, 0.29) is 0 Å². The van der Waals surface area contributed by atoms with E-state index in [1.54, 1.807) is 12.3 Å². The zero-order chi connectivity index (χ0) is 15.6. The smallest absolute Gasteiger partial charge is 0.187 e. The minimum absolute atomic E-state index is 0.486. The summed E-state index contributed by atoms with van der Waals surface area (Å²) in [6, 6.07) is 8.21. The van der Waals surface area contributed by atoms with Crippen LogP contribution in [0.2, 0.25) is 0 Å². The highest BCUT2D eigenvalue weighted by Crippen LogP contribution is 2.17. The predicted octanol–water partition coefficient (Wildman–Crippen LogP) is 3.38. The Labute approximate surface area is 137 Å². The Morgan fingerprint density at radius 2 is 2.18 bits per heavy atom. The molecule has 1 aromatic rings. The zero-order valence-corrected chi connectivity index (χ0v) is 13.6. The Morgan fingerprint density at radius 3 is 2.95 bits per heavy atom. The molecule has 5 heteroatoms. The van der Waals surface area contributed by atoms with Crippen molar-refractivity contribution in [2.45, 2.75) is 38.1 Å². The number of nitrogens with one attached hydrogen (secondary N) is 2. The van der Waals surface area contributed by atoms with E-state index in [1.807, 2.05) is 24.3 Å². The number of nitrogens with zero attached hydrogens (tertiary/aromatic N) is 1. The summed E-state index contributed by atoms with van der Waals surface area (Å²) in [4.78, 5) is 0. The van der Waals surface area contributed by atoms with E-state index in [1.165, 1.54) is 32.1 Å². The van der Waals surface area contributed by atoms with Gasteiger partial charge in [0.15, 0.2) is 5.11 Å². The van der Waals surface area contributed by atoms with Gasteiger partial charge >= 0.3 is 0 Å². The average molecular weight is 317 g/mol. The van der Waals surface area contributed by atoms with E-state index in [9.17, 15) is 0 Å². The van der Waals surface area contributed by atoms with Crippen LogP contribution in [0.5, 0.6) is 5.75 Å². The Balaban J connectivity index is 1.78. The van der Waals surface area contributed by atoms with Gasteiger partial charge in [-0.3, -0.25) is 5.43 Å². The normalized spacial score (nSPS) is 15.5. The van der Waals surface area contributed by atoms with Gasteiger partial charge in [0.05, 0.1) is 6.21 Å². The van der Waals surface area contributed by atoms with Gasteiger partial charge in [-0.25, -0.2) is 0 Å². The molecule has 0 atom stereocenters. The average Bonchev–Trinajstić information content (AvgIpc) is 2.54. The van der Waals surface area contributed by atoms with Crippen LogP contribution in [0.3, 0.4) is 0 Å². The number of hydrogen-bond acceptors (Lipinski definition) is 3. The summed E-state index contributed by atoms with van der Waals surface area (Å²) < 4.78 is 5.49. The van der Waals surface area contributed by atoms with E-state index < -0.39 is 0 Å². The van der Waals surface area contributed by atoms with Crippen molar-refractivity contribution in [3.05, 3.63) is 42.5 Å². The molecule has 2 N–H and O–H groups in total. The number of thiocarbonyl (C=S) groups is 1. The first-order valence-electron chi connectivity index (χ1n) is 7.71. The monoisotopic (exact) mass is 317 g/mol. The number of rotatable bonds is 6. The van der Waals surface area contributed by atoms with Crippen molar-refractivity contribution in [2.24, 2.45) is 5.10 Å². The Hall–Kier alpha value is -1.88.